The number of carbonyl (C=O) groups excluding carboxylic acids is 1. The lowest BCUT2D eigenvalue weighted by Crippen LogP contribution is -2.49. The topological polar surface area (TPSA) is 82.0 Å². The van der Waals surface area contributed by atoms with Gasteiger partial charge in [-0.15, -0.1) is 0 Å². The second-order valence-corrected chi connectivity index (χ2v) is 3.96. The molecule has 7 heteroatoms. The van der Waals surface area contributed by atoms with Crippen molar-refractivity contribution >= 4 is 28.5 Å². The van der Waals surface area contributed by atoms with Crippen LogP contribution in [0.5, 0.6) is 0 Å². The monoisotopic (exact) mass is 255 g/mol. The first kappa shape index (κ1) is 11.7. The lowest BCUT2D eigenvalue weighted by molar-refractivity contribution is -0.134. The van der Waals surface area contributed by atoms with Gasteiger partial charge in [-0.05, 0) is 13.0 Å². The molecule has 17 heavy (non-hydrogen) atoms. The summed E-state index contributed by atoms with van der Waals surface area (Å²) in [6.07, 6.45) is 2.27. The molecule has 2 rings (SSSR count). The SMILES string of the molecule is CCN1C=C(C(=O)O)C(=O)C2=CC(Cl)=NNC21. The minimum atomic E-state index is -1.24. The van der Waals surface area contributed by atoms with Gasteiger partial charge in [-0.25, -0.2) is 4.79 Å². The lowest BCUT2D eigenvalue weighted by atomic mass is 9.96. The summed E-state index contributed by atoms with van der Waals surface area (Å²) in [5.41, 5.74) is 2.75. The average molecular weight is 256 g/mol. The smallest absolute Gasteiger partial charge is 0.341 e. The van der Waals surface area contributed by atoms with Crippen LogP contribution in [0.25, 0.3) is 0 Å². The number of rotatable bonds is 2. The largest absolute Gasteiger partial charge is 0.477 e. The number of hydrogen-bond donors (Lipinski definition) is 2. The predicted molar refractivity (Wildman–Crippen MR) is 61.4 cm³/mol. The Hall–Kier alpha value is -1.82. The zero-order valence-corrected chi connectivity index (χ0v) is 9.73. The number of nitrogens with zero attached hydrogens (tertiary/aromatic N) is 2. The van der Waals surface area contributed by atoms with E-state index in [2.05, 4.69) is 10.5 Å². The molecule has 2 aliphatic heterocycles. The summed E-state index contributed by atoms with van der Waals surface area (Å²) in [5.74, 6) is -1.78. The van der Waals surface area contributed by atoms with Crippen molar-refractivity contribution in [2.45, 2.75) is 13.1 Å². The fourth-order valence-electron chi connectivity index (χ4n) is 1.76. The Labute approximate surface area is 102 Å². The van der Waals surface area contributed by atoms with E-state index in [1.54, 1.807) is 4.90 Å². The molecule has 0 amide bonds. The van der Waals surface area contributed by atoms with Crippen LogP contribution in [-0.4, -0.2) is 39.6 Å². The molecule has 0 aliphatic carbocycles. The van der Waals surface area contributed by atoms with Crippen molar-refractivity contribution in [3.8, 4) is 0 Å². The van der Waals surface area contributed by atoms with E-state index in [0.29, 0.717) is 12.1 Å². The number of hydrazone groups is 1. The molecule has 90 valence electrons. The second kappa shape index (κ2) is 4.21. The summed E-state index contributed by atoms with van der Waals surface area (Å²) in [5, 5.41) is 12.9. The molecule has 0 spiro atoms. The Morgan fingerprint density at radius 1 is 1.71 bits per heavy atom. The number of aliphatic carboxylic acids is 1. The maximum absolute atomic E-state index is 11.9. The minimum absolute atomic E-state index is 0.132. The number of likely N-dealkylation sites (N-methyl/N-ethyl adjacent to an activating group) is 1. The van der Waals surface area contributed by atoms with Gasteiger partial charge < -0.3 is 10.0 Å². The summed E-state index contributed by atoms with van der Waals surface area (Å²) in [4.78, 5) is 24.6. The van der Waals surface area contributed by atoms with Crippen molar-refractivity contribution in [1.82, 2.24) is 10.3 Å². The Morgan fingerprint density at radius 3 is 3.00 bits per heavy atom. The van der Waals surface area contributed by atoms with Crippen molar-refractivity contribution in [2.24, 2.45) is 5.10 Å². The van der Waals surface area contributed by atoms with Crippen molar-refractivity contribution in [3.63, 3.8) is 0 Å². The molecule has 0 aromatic rings. The number of nitrogens with one attached hydrogen (secondary N) is 1. The Bertz CT molecular complexity index is 481. The van der Waals surface area contributed by atoms with E-state index < -0.39 is 17.9 Å². The molecule has 0 aromatic heterocycles. The van der Waals surface area contributed by atoms with E-state index in [-0.39, 0.29) is 10.7 Å². The maximum atomic E-state index is 11.9. The molecule has 0 aromatic carbocycles. The summed E-state index contributed by atoms with van der Waals surface area (Å²) in [6, 6.07) is 0. The number of carbonyl (C=O) groups is 2. The predicted octanol–water partition coefficient (Wildman–Crippen LogP) is 0.267. The number of hydrogen-bond acceptors (Lipinski definition) is 5. The molecule has 6 nitrogen and oxygen atoms in total. The van der Waals surface area contributed by atoms with Gasteiger partial charge in [0.05, 0.1) is 0 Å². The number of carboxylic acids is 1. The van der Waals surface area contributed by atoms with E-state index in [1.807, 2.05) is 6.92 Å². The standard InChI is InChI=1S/C10H10ClN3O3/c1-2-14-4-6(10(16)17)8(15)5-3-7(11)12-13-9(5)14/h3-4,9,13H,2H2,1H3,(H,16,17). The van der Waals surface area contributed by atoms with Crippen LogP contribution >= 0.6 is 11.6 Å². The molecule has 0 bridgehead atoms. The quantitative estimate of drug-likeness (QED) is 0.692. The number of carboxylic acid groups (broad SMARTS) is 1. The van der Waals surface area contributed by atoms with E-state index in [9.17, 15) is 9.59 Å². The molecule has 2 heterocycles. The van der Waals surface area contributed by atoms with Crippen molar-refractivity contribution in [1.29, 1.82) is 0 Å². The number of allylic oxidation sites excluding steroid dienone is 1. The van der Waals surface area contributed by atoms with E-state index in [1.165, 1.54) is 12.3 Å². The van der Waals surface area contributed by atoms with Gasteiger partial charge in [-0.2, -0.15) is 5.10 Å². The van der Waals surface area contributed by atoms with Gasteiger partial charge in [-0.1, -0.05) is 11.6 Å². The van der Waals surface area contributed by atoms with Crippen LogP contribution in [0.15, 0.2) is 28.5 Å². The van der Waals surface area contributed by atoms with Crippen molar-refractivity contribution in [3.05, 3.63) is 23.4 Å². The molecular weight excluding hydrogens is 246 g/mol. The highest BCUT2D eigenvalue weighted by molar-refractivity contribution is 6.68. The summed E-state index contributed by atoms with van der Waals surface area (Å²) < 4.78 is 0. The van der Waals surface area contributed by atoms with E-state index in [0.717, 1.165) is 0 Å². The lowest BCUT2D eigenvalue weighted by Gasteiger charge is -2.35. The second-order valence-electron chi connectivity index (χ2n) is 3.57. The molecule has 0 fully saturated rings. The number of halogens is 1. The van der Waals surface area contributed by atoms with Crippen LogP contribution in [0, 0.1) is 0 Å². The summed E-state index contributed by atoms with van der Waals surface area (Å²) in [7, 11) is 0. The summed E-state index contributed by atoms with van der Waals surface area (Å²) in [6.45, 7) is 2.40. The normalized spacial score (nSPS) is 23.2. The third-order valence-electron chi connectivity index (χ3n) is 2.59. The third kappa shape index (κ3) is 1.91. The van der Waals surface area contributed by atoms with Crippen molar-refractivity contribution < 1.29 is 14.7 Å². The van der Waals surface area contributed by atoms with Gasteiger partial charge in [0, 0.05) is 18.3 Å². The first-order valence-corrected chi connectivity index (χ1v) is 5.38. The first-order chi connectivity index (χ1) is 8.04. The van der Waals surface area contributed by atoms with Gasteiger partial charge in [0.1, 0.15) is 16.9 Å². The van der Waals surface area contributed by atoms with E-state index >= 15 is 0 Å². The first-order valence-electron chi connectivity index (χ1n) is 5.00. The van der Waals surface area contributed by atoms with Crippen molar-refractivity contribution in [2.75, 3.05) is 6.54 Å². The van der Waals surface area contributed by atoms with E-state index in [4.69, 9.17) is 16.7 Å². The molecule has 2 N–H and O–H groups in total. The van der Waals surface area contributed by atoms with Gasteiger partial charge >= 0.3 is 5.97 Å². The van der Waals surface area contributed by atoms with Gasteiger partial charge in [-0.3, -0.25) is 10.2 Å². The molecular formula is C10H10ClN3O3. The fourth-order valence-corrected chi connectivity index (χ4v) is 1.92. The number of fused-ring (bicyclic) bond motifs is 1. The van der Waals surface area contributed by atoms with Gasteiger partial charge in [0.2, 0.25) is 5.78 Å². The average Bonchev–Trinajstić information content (AvgIpc) is 2.29. The van der Waals surface area contributed by atoms with Crippen LogP contribution in [0.4, 0.5) is 0 Å². The highest BCUT2D eigenvalue weighted by Gasteiger charge is 2.36. The third-order valence-corrected chi connectivity index (χ3v) is 2.79. The maximum Gasteiger partial charge on any atom is 0.341 e. The zero-order valence-electron chi connectivity index (χ0n) is 8.98. The Kier molecular flexibility index (Phi) is 2.89. The van der Waals surface area contributed by atoms with Crippen LogP contribution in [-0.2, 0) is 9.59 Å². The molecule has 2 aliphatic rings. The molecule has 1 atom stereocenters. The highest BCUT2D eigenvalue weighted by Crippen LogP contribution is 2.24. The molecule has 0 saturated carbocycles. The molecule has 1 unspecified atom stereocenters. The van der Waals surface area contributed by atoms with Gasteiger partial charge in [0.25, 0.3) is 0 Å². The molecule has 0 saturated heterocycles. The Balaban J connectivity index is 2.48. The number of Topliss-reactive ketones (excluding diaryl/α,β-unsaturated/α-hetero) is 1. The Morgan fingerprint density at radius 2 is 2.41 bits per heavy atom. The zero-order chi connectivity index (χ0) is 12.6. The van der Waals surface area contributed by atoms with Crippen LogP contribution in [0.2, 0.25) is 0 Å². The van der Waals surface area contributed by atoms with Crippen LogP contribution in [0.3, 0.4) is 0 Å². The van der Waals surface area contributed by atoms with Crippen LogP contribution in [0.1, 0.15) is 6.92 Å². The minimum Gasteiger partial charge on any atom is -0.477 e. The fraction of sp³-hybridized carbons (Fsp3) is 0.300. The summed E-state index contributed by atoms with van der Waals surface area (Å²) >= 11 is 5.69. The van der Waals surface area contributed by atoms with Crippen LogP contribution < -0.4 is 5.43 Å². The van der Waals surface area contributed by atoms with Gasteiger partial charge in [0.15, 0.2) is 0 Å². The highest BCUT2D eigenvalue weighted by atomic mass is 35.5. The molecule has 0 radical (unpaired) electrons. The number of ketones is 1.